The molecule has 9 nitrogen and oxygen atoms in total. The summed E-state index contributed by atoms with van der Waals surface area (Å²) < 4.78 is 16.3. The number of rotatable bonds is 8. The molecule has 0 aromatic heterocycles. The van der Waals surface area contributed by atoms with Gasteiger partial charge in [0.1, 0.15) is 23.0 Å². The maximum absolute atomic E-state index is 13.3. The molecule has 0 radical (unpaired) electrons. The number of Topliss-reactive ketones (excluding diaryl/α,β-unsaturated/α-hetero) is 1. The minimum atomic E-state index is -0.960. The Balaban J connectivity index is 1.79. The van der Waals surface area contributed by atoms with Crippen molar-refractivity contribution in [1.29, 1.82) is 0 Å². The third-order valence-corrected chi connectivity index (χ3v) is 6.70. The third kappa shape index (κ3) is 5.13. The van der Waals surface area contributed by atoms with Crippen LogP contribution in [0.25, 0.3) is 5.76 Å². The van der Waals surface area contributed by atoms with Gasteiger partial charge in [0, 0.05) is 36.8 Å². The van der Waals surface area contributed by atoms with Crippen LogP contribution in [-0.2, 0) is 14.3 Å². The Morgan fingerprint density at radius 3 is 2.53 bits per heavy atom. The van der Waals surface area contributed by atoms with Gasteiger partial charge in [-0.15, -0.1) is 0 Å². The molecule has 0 aliphatic carbocycles. The van der Waals surface area contributed by atoms with E-state index in [0.29, 0.717) is 36.7 Å². The second kappa shape index (κ2) is 11.2. The molecule has 2 aromatic carbocycles. The number of aliphatic hydroxyl groups excluding tert-OH is 1. The Morgan fingerprint density at radius 1 is 1.08 bits per heavy atom. The molecule has 2 aliphatic heterocycles. The molecule has 2 heterocycles. The fraction of sp³-hybridized carbons (Fsp3) is 0.385. The molecule has 0 spiro atoms. The number of aliphatic hydroxyl groups is 1. The summed E-state index contributed by atoms with van der Waals surface area (Å²) in [7, 11) is 2.99. The van der Waals surface area contributed by atoms with E-state index in [2.05, 4.69) is 4.90 Å². The van der Waals surface area contributed by atoms with Gasteiger partial charge in [-0.2, -0.15) is 0 Å². The summed E-state index contributed by atoms with van der Waals surface area (Å²) in [6, 6.07) is 8.22. The summed E-state index contributed by atoms with van der Waals surface area (Å²) in [5, 5.41) is 21.9. The maximum Gasteiger partial charge on any atom is 0.295 e. The van der Waals surface area contributed by atoms with Gasteiger partial charge in [-0.3, -0.25) is 14.5 Å². The molecule has 2 fully saturated rings. The van der Waals surface area contributed by atoms with E-state index in [-0.39, 0.29) is 28.5 Å². The highest BCUT2D eigenvalue weighted by Gasteiger charge is 2.47. The first-order valence-electron chi connectivity index (χ1n) is 11.6. The van der Waals surface area contributed by atoms with E-state index in [9.17, 15) is 19.8 Å². The van der Waals surface area contributed by atoms with Crippen molar-refractivity contribution in [3.05, 3.63) is 58.1 Å². The molecular formula is C26H29ClN2O7. The van der Waals surface area contributed by atoms with E-state index in [1.165, 1.54) is 37.3 Å². The van der Waals surface area contributed by atoms with Crippen molar-refractivity contribution in [2.75, 3.05) is 53.6 Å². The molecule has 10 heteroatoms. The first-order chi connectivity index (χ1) is 17.3. The van der Waals surface area contributed by atoms with Crippen LogP contribution in [-0.4, -0.2) is 85.3 Å². The van der Waals surface area contributed by atoms with Crippen molar-refractivity contribution in [2.24, 2.45) is 0 Å². The van der Waals surface area contributed by atoms with E-state index in [1.807, 2.05) is 0 Å². The molecule has 1 atom stereocenters. The molecule has 2 saturated heterocycles. The molecule has 36 heavy (non-hydrogen) atoms. The monoisotopic (exact) mass is 516 g/mol. The number of carbonyl (C=O) groups is 2. The Kier molecular flexibility index (Phi) is 8.03. The fourth-order valence-electron chi connectivity index (χ4n) is 4.62. The molecule has 1 unspecified atom stereocenters. The number of ketones is 1. The summed E-state index contributed by atoms with van der Waals surface area (Å²) in [6.07, 6.45) is 0.609. The molecule has 1 amide bonds. The summed E-state index contributed by atoms with van der Waals surface area (Å²) in [6.45, 7) is 3.93. The van der Waals surface area contributed by atoms with Gasteiger partial charge in [0.05, 0.1) is 44.6 Å². The van der Waals surface area contributed by atoms with Crippen molar-refractivity contribution in [3.8, 4) is 17.2 Å². The molecule has 2 N–H and O–H groups in total. The first-order valence-corrected chi connectivity index (χ1v) is 12.0. The lowest BCUT2D eigenvalue weighted by molar-refractivity contribution is -0.140. The van der Waals surface area contributed by atoms with Crippen molar-refractivity contribution in [1.82, 2.24) is 9.80 Å². The highest BCUT2D eigenvalue weighted by molar-refractivity contribution is 6.46. The van der Waals surface area contributed by atoms with Crippen LogP contribution in [0.2, 0.25) is 5.02 Å². The number of benzene rings is 2. The van der Waals surface area contributed by atoms with Crippen LogP contribution in [0.15, 0.2) is 42.0 Å². The zero-order chi connectivity index (χ0) is 25.8. The normalized spacial score (nSPS) is 20.1. The number of hydrogen-bond acceptors (Lipinski definition) is 8. The Bertz CT molecular complexity index is 1180. The van der Waals surface area contributed by atoms with E-state index in [4.69, 9.17) is 25.8 Å². The van der Waals surface area contributed by atoms with Gasteiger partial charge in [0.15, 0.2) is 0 Å². The molecule has 2 aliphatic rings. The summed E-state index contributed by atoms with van der Waals surface area (Å²) >= 11 is 6.09. The van der Waals surface area contributed by atoms with Crippen LogP contribution in [0.4, 0.5) is 0 Å². The molecule has 0 saturated carbocycles. The lowest BCUT2D eigenvalue weighted by atomic mass is 9.94. The molecule has 0 bridgehead atoms. The van der Waals surface area contributed by atoms with Crippen molar-refractivity contribution in [3.63, 3.8) is 0 Å². The summed E-state index contributed by atoms with van der Waals surface area (Å²) in [5.74, 6) is -1.47. The molecule has 4 rings (SSSR count). The lowest BCUT2D eigenvalue weighted by Gasteiger charge is -2.29. The van der Waals surface area contributed by atoms with Gasteiger partial charge in [-0.1, -0.05) is 11.6 Å². The maximum atomic E-state index is 13.3. The second-order valence-corrected chi connectivity index (χ2v) is 9.01. The number of ether oxygens (including phenoxy) is 3. The minimum absolute atomic E-state index is 0.0410. The second-order valence-electron chi connectivity index (χ2n) is 8.57. The standard InChI is InChI=1S/C26H29ClN2O7/c1-34-17-5-7-21(35-2)19(15-17)23-22(24(31)18-14-16(27)4-6-20(18)30)25(32)26(33)29(23)9-3-8-28-10-12-36-13-11-28/h4-7,14-15,23,30-31H,3,8-13H2,1-2H3/b24-22+. The number of phenols is 1. The number of halogens is 1. The highest BCUT2D eigenvalue weighted by Crippen LogP contribution is 2.45. The zero-order valence-corrected chi connectivity index (χ0v) is 21.0. The summed E-state index contributed by atoms with van der Waals surface area (Å²) in [4.78, 5) is 30.2. The predicted octanol–water partition coefficient (Wildman–Crippen LogP) is 3.21. The van der Waals surface area contributed by atoms with Crippen molar-refractivity contribution >= 4 is 29.1 Å². The van der Waals surface area contributed by atoms with E-state index in [1.54, 1.807) is 18.2 Å². The number of aromatic hydroxyl groups is 1. The SMILES string of the molecule is COc1ccc(OC)c(C2/C(=C(\O)c3cc(Cl)ccc3O)C(=O)C(=O)N2CCCN2CCOCC2)c1. The van der Waals surface area contributed by atoms with Gasteiger partial charge in [0.25, 0.3) is 11.7 Å². The van der Waals surface area contributed by atoms with E-state index in [0.717, 1.165) is 19.6 Å². The van der Waals surface area contributed by atoms with Crippen LogP contribution >= 0.6 is 11.6 Å². The number of hydrogen-bond donors (Lipinski definition) is 2. The topological polar surface area (TPSA) is 109 Å². The predicted molar refractivity (Wildman–Crippen MR) is 134 cm³/mol. The van der Waals surface area contributed by atoms with Gasteiger partial charge >= 0.3 is 0 Å². The van der Waals surface area contributed by atoms with Crippen LogP contribution in [0, 0.1) is 0 Å². The molecule has 192 valence electrons. The van der Waals surface area contributed by atoms with Crippen LogP contribution < -0.4 is 9.47 Å². The number of likely N-dealkylation sites (tertiary alicyclic amines) is 1. The highest BCUT2D eigenvalue weighted by atomic mass is 35.5. The molecule has 2 aromatic rings. The summed E-state index contributed by atoms with van der Waals surface area (Å²) in [5.41, 5.74) is 0.279. The first kappa shape index (κ1) is 25.8. The van der Waals surface area contributed by atoms with Crippen LogP contribution in [0.1, 0.15) is 23.6 Å². The largest absolute Gasteiger partial charge is 0.507 e. The Morgan fingerprint density at radius 2 is 1.83 bits per heavy atom. The van der Waals surface area contributed by atoms with Gasteiger partial charge < -0.3 is 29.3 Å². The van der Waals surface area contributed by atoms with E-state index < -0.39 is 23.5 Å². The number of carbonyl (C=O) groups excluding carboxylic acids is 2. The quantitative estimate of drug-likeness (QED) is 0.313. The average Bonchev–Trinajstić information content (AvgIpc) is 3.14. The Hall–Kier alpha value is -3.27. The van der Waals surface area contributed by atoms with Crippen LogP contribution in [0.3, 0.4) is 0 Å². The fourth-order valence-corrected chi connectivity index (χ4v) is 4.79. The van der Waals surface area contributed by atoms with E-state index >= 15 is 0 Å². The average molecular weight is 517 g/mol. The Labute approximate surface area is 214 Å². The van der Waals surface area contributed by atoms with Crippen molar-refractivity contribution in [2.45, 2.75) is 12.5 Å². The van der Waals surface area contributed by atoms with Gasteiger partial charge in [0.2, 0.25) is 0 Å². The number of methoxy groups -OCH3 is 2. The van der Waals surface area contributed by atoms with Crippen molar-refractivity contribution < 1.29 is 34.0 Å². The van der Waals surface area contributed by atoms with Gasteiger partial charge in [-0.05, 0) is 42.8 Å². The molecular weight excluding hydrogens is 488 g/mol. The number of morpholine rings is 1. The van der Waals surface area contributed by atoms with Crippen LogP contribution in [0.5, 0.6) is 17.2 Å². The number of amides is 1. The minimum Gasteiger partial charge on any atom is -0.507 e. The number of phenolic OH excluding ortho intramolecular Hbond substituents is 1. The zero-order valence-electron chi connectivity index (χ0n) is 20.2. The number of nitrogens with zero attached hydrogens (tertiary/aromatic N) is 2. The van der Waals surface area contributed by atoms with Gasteiger partial charge in [-0.25, -0.2) is 0 Å². The lowest BCUT2D eigenvalue weighted by Crippen LogP contribution is -2.39. The smallest absolute Gasteiger partial charge is 0.295 e. The third-order valence-electron chi connectivity index (χ3n) is 6.46.